The number of aryl methyl sites for hydroxylation is 1. The maximum absolute atomic E-state index is 11.9. The summed E-state index contributed by atoms with van der Waals surface area (Å²) < 4.78 is 0. The molecule has 0 aromatic carbocycles. The van der Waals surface area contributed by atoms with Crippen LogP contribution < -0.4 is 5.32 Å². The summed E-state index contributed by atoms with van der Waals surface area (Å²) in [7, 11) is 0. The van der Waals surface area contributed by atoms with Crippen molar-refractivity contribution in [2.45, 2.75) is 39.7 Å². The highest BCUT2D eigenvalue weighted by atomic mass is 16.2. The molecule has 0 spiro atoms. The van der Waals surface area contributed by atoms with Crippen LogP contribution in [0.3, 0.4) is 0 Å². The molecule has 0 saturated carbocycles. The zero-order chi connectivity index (χ0) is 13.8. The second kappa shape index (κ2) is 5.99. The highest BCUT2D eigenvalue weighted by Crippen LogP contribution is 2.16. The van der Waals surface area contributed by atoms with E-state index in [-0.39, 0.29) is 11.8 Å². The van der Waals surface area contributed by atoms with Gasteiger partial charge in [0, 0.05) is 36.8 Å². The molecule has 1 amide bonds. The number of carbonyl (C=O) groups is 1. The van der Waals surface area contributed by atoms with Crippen LogP contribution in [0.15, 0.2) is 12.4 Å². The highest BCUT2D eigenvalue weighted by Gasteiger charge is 2.24. The molecule has 0 aliphatic carbocycles. The highest BCUT2D eigenvalue weighted by molar-refractivity contribution is 5.78. The Morgan fingerprint density at radius 1 is 1.37 bits per heavy atom. The number of nitrogens with zero attached hydrogens (tertiary/aromatic N) is 3. The van der Waals surface area contributed by atoms with Crippen LogP contribution >= 0.6 is 0 Å². The van der Waals surface area contributed by atoms with Gasteiger partial charge in [0.15, 0.2) is 0 Å². The minimum Gasteiger partial charge on any atom is -0.367 e. The Balaban J connectivity index is 1.85. The third-order valence-electron chi connectivity index (χ3n) is 3.46. The van der Waals surface area contributed by atoms with E-state index in [2.05, 4.69) is 15.3 Å². The predicted molar refractivity (Wildman–Crippen MR) is 74.8 cm³/mol. The molecule has 5 nitrogen and oxygen atoms in total. The molecule has 0 atom stereocenters. The van der Waals surface area contributed by atoms with Gasteiger partial charge in [-0.3, -0.25) is 4.79 Å². The van der Waals surface area contributed by atoms with Gasteiger partial charge in [-0.1, -0.05) is 13.8 Å². The number of likely N-dealkylation sites (tertiary alicyclic amines) is 1. The zero-order valence-corrected chi connectivity index (χ0v) is 11.9. The molecule has 0 unspecified atom stereocenters. The molecule has 1 aromatic heterocycles. The summed E-state index contributed by atoms with van der Waals surface area (Å²) >= 11 is 0. The molecule has 2 heterocycles. The SMILES string of the molecule is Cc1cc(NC2CCN(C(=O)C(C)C)CC2)ncn1. The molecule has 5 heteroatoms. The van der Waals surface area contributed by atoms with Gasteiger partial charge in [-0.2, -0.15) is 0 Å². The summed E-state index contributed by atoms with van der Waals surface area (Å²) in [5.74, 6) is 1.23. The lowest BCUT2D eigenvalue weighted by molar-refractivity contribution is -0.135. The van der Waals surface area contributed by atoms with Crippen LogP contribution in [0.2, 0.25) is 0 Å². The van der Waals surface area contributed by atoms with E-state index in [1.807, 2.05) is 31.7 Å². The van der Waals surface area contributed by atoms with Crippen molar-refractivity contribution in [3.8, 4) is 0 Å². The number of hydrogen-bond donors (Lipinski definition) is 1. The van der Waals surface area contributed by atoms with Crippen LogP contribution in [0.5, 0.6) is 0 Å². The quantitative estimate of drug-likeness (QED) is 0.903. The van der Waals surface area contributed by atoms with Crippen molar-refractivity contribution in [3.63, 3.8) is 0 Å². The van der Waals surface area contributed by atoms with Crippen LogP contribution in [0.25, 0.3) is 0 Å². The average molecular weight is 262 g/mol. The van der Waals surface area contributed by atoms with Gasteiger partial charge in [-0.05, 0) is 19.8 Å². The van der Waals surface area contributed by atoms with Gasteiger partial charge in [0.2, 0.25) is 5.91 Å². The molecule has 1 aliphatic heterocycles. The van der Waals surface area contributed by atoms with Crippen molar-refractivity contribution in [2.75, 3.05) is 18.4 Å². The largest absolute Gasteiger partial charge is 0.367 e. The molecule has 19 heavy (non-hydrogen) atoms. The molecule has 2 rings (SSSR count). The van der Waals surface area contributed by atoms with Crippen molar-refractivity contribution in [2.24, 2.45) is 5.92 Å². The number of aromatic nitrogens is 2. The smallest absolute Gasteiger partial charge is 0.225 e. The van der Waals surface area contributed by atoms with E-state index in [4.69, 9.17) is 0 Å². The van der Waals surface area contributed by atoms with E-state index in [9.17, 15) is 4.79 Å². The first kappa shape index (κ1) is 13.8. The van der Waals surface area contributed by atoms with E-state index < -0.39 is 0 Å². The second-order valence-electron chi connectivity index (χ2n) is 5.44. The minimum atomic E-state index is 0.0917. The Kier molecular flexibility index (Phi) is 4.35. The molecular weight excluding hydrogens is 240 g/mol. The fourth-order valence-corrected chi connectivity index (χ4v) is 2.35. The van der Waals surface area contributed by atoms with Crippen LogP contribution in [-0.2, 0) is 4.79 Å². The van der Waals surface area contributed by atoms with Crippen LogP contribution in [0, 0.1) is 12.8 Å². The monoisotopic (exact) mass is 262 g/mol. The van der Waals surface area contributed by atoms with Gasteiger partial charge in [-0.25, -0.2) is 9.97 Å². The van der Waals surface area contributed by atoms with Gasteiger partial charge in [-0.15, -0.1) is 0 Å². The molecular formula is C14H22N4O. The maximum atomic E-state index is 11.9. The first-order chi connectivity index (χ1) is 9.06. The molecule has 0 radical (unpaired) electrons. The molecule has 1 fully saturated rings. The summed E-state index contributed by atoms with van der Waals surface area (Å²) in [5, 5.41) is 3.42. The summed E-state index contributed by atoms with van der Waals surface area (Å²) in [6.45, 7) is 7.53. The van der Waals surface area contributed by atoms with Crippen molar-refractivity contribution in [3.05, 3.63) is 18.1 Å². The molecule has 1 aliphatic rings. The van der Waals surface area contributed by atoms with Crippen LogP contribution in [0.1, 0.15) is 32.4 Å². The third kappa shape index (κ3) is 3.66. The second-order valence-corrected chi connectivity index (χ2v) is 5.44. The van der Waals surface area contributed by atoms with E-state index in [0.29, 0.717) is 6.04 Å². The third-order valence-corrected chi connectivity index (χ3v) is 3.46. The van der Waals surface area contributed by atoms with Gasteiger partial charge >= 0.3 is 0 Å². The molecule has 104 valence electrons. The number of rotatable bonds is 3. The Morgan fingerprint density at radius 2 is 2.05 bits per heavy atom. The van der Waals surface area contributed by atoms with Crippen molar-refractivity contribution in [1.82, 2.24) is 14.9 Å². The topological polar surface area (TPSA) is 58.1 Å². The number of anilines is 1. The molecule has 1 aromatic rings. The number of piperidine rings is 1. The summed E-state index contributed by atoms with van der Waals surface area (Å²) in [6, 6.07) is 2.34. The Bertz CT molecular complexity index is 439. The summed E-state index contributed by atoms with van der Waals surface area (Å²) in [6.07, 6.45) is 3.53. The van der Waals surface area contributed by atoms with E-state index in [0.717, 1.165) is 37.4 Å². The summed E-state index contributed by atoms with van der Waals surface area (Å²) in [5.41, 5.74) is 0.963. The first-order valence-corrected chi connectivity index (χ1v) is 6.90. The number of carbonyl (C=O) groups excluding carboxylic acids is 1. The lowest BCUT2D eigenvalue weighted by atomic mass is 10.0. The van der Waals surface area contributed by atoms with E-state index >= 15 is 0 Å². The Morgan fingerprint density at radius 3 is 2.63 bits per heavy atom. The van der Waals surface area contributed by atoms with E-state index in [1.165, 1.54) is 0 Å². The normalized spacial score (nSPS) is 16.7. The minimum absolute atomic E-state index is 0.0917. The maximum Gasteiger partial charge on any atom is 0.225 e. The van der Waals surface area contributed by atoms with Crippen molar-refractivity contribution in [1.29, 1.82) is 0 Å². The van der Waals surface area contributed by atoms with Gasteiger partial charge in [0.1, 0.15) is 12.1 Å². The van der Waals surface area contributed by atoms with Crippen LogP contribution in [0.4, 0.5) is 5.82 Å². The standard InChI is InChI=1S/C14H22N4O/c1-10(2)14(19)18-6-4-12(5-7-18)17-13-8-11(3)15-9-16-13/h8-10,12H,4-7H2,1-3H3,(H,15,16,17). The first-order valence-electron chi connectivity index (χ1n) is 6.90. The average Bonchev–Trinajstić information content (AvgIpc) is 2.39. The lowest BCUT2D eigenvalue weighted by Gasteiger charge is -2.33. The number of hydrogen-bond acceptors (Lipinski definition) is 4. The fourth-order valence-electron chi connectivity index (χ4n) is 2.35. The molecule has 0 bridgehead atoms. The van der Waals surface area contributed by atoms with Gasteiger partial charge in [0.25, 0.3) is 0 Å². The van der Waals surface area contributed by atoms with Crippen molar-refractivity contribution >= 4 is 11.7 Å². The molecule has 1 saturated heterocycles. The molecule has 1 N–H and O–H groups in total. The van der Waals surface area contributed by atoms with Crippen molar-refractivity contribution < 1.29 is 4.79 Å². The number of amides is 1. The Hall–Kier alpha value is -1.65. The lowest BCUT2D eigenvalue weighted by Crippen LogP contribution is -2.44. The fraction of sp³-hybridized carbons (Fsp3) is 0.643. The Labute approximate surface area is 114 Å². The zero-order valence-electron chi connectivity index (χ0n) is 11.9. The predicted octanol–water partition coefficient (Wildman–Crippen LogP) is 1.84. The number of nitrogens with one attached hydrogen (secondary N) is 1. The van der Waals surface area contributed by atoms with Crippen LogP contribution in [-0.4, -0.2) is 39.9 Å². The summed E-state index contributed by atoms with van der Waals surface area (Å²) in [4.78, 5) is 22.2. The van der Waals surface area contributed by atoms with Gasteiger partial charge in [0.05, 0.1) is 0 Å². The van der Waals surface area contributed by atoms with Gasteiger partial charge < -0.3 is 10.2 Å². The van der Waals surface area contributed by atoms with E-state index in [1.54, 1.807) is 6.33 Å².